The Balaban J connectivity index is 1.95. The molecule has 0 saturated carbocycles. The third-order valence-electron chi connectivity index (χ3n) is 3.48. The van der Waals surface area contributed by atoms with E-state index < -0.39 is 6.67 Å². The first-order chi connectivity index (χ1) is 7.22. The van der Waals surface area contributed by atoms with Gasteiger partial charge in [0.2, 0.25) is 0 Å². The van der Waals surface area contributed by atoms with Crippen molar-refractivity contribution in [2.24, 2.45) is 5.92 Å². The van der Waals surface area contributed by atoms with E-state index in [4.69, 9.17) is 4.74 Å². The highest BCUT2D eigenvalue weighted by molar-refractivity contribution is 5.69. The Kier molecular flexibility index (Phi) is 3.12. The lowest BCUT2D eigenvalue weighted by Crippen LogP contribution is -2.46. The van der Waals surface area contributed by atoms with Crippen LogP contribution in [-0.2, 0) is 4.74 Å². The maximum atomic E-state index is 11.9. The Morgan fingerprint density at radius 1 is 1.40 bits per heavy atom. The molecule has 0 aromatic heterocycles. The normalized spacial score (nSPS) is 34.3. The molecule has 2 heterocycles. The number of nitrogens with zero attached hydrogens (tertiary/aromatic N) is 1. The van der Waals surface area contributed by atoms with Gasteiger partial charge in [-0.15, -0.1) is 0 Å². The van der Waals surface area contributed by atoms with E-state index in [0.717, 1.165) is 25.7 Å². The van der Waals surface area contributed by atoms with Crippen LogP contribution < -0.4 is 0 Å². The van der Waals surface area contributed by atoms with Crippen molar-refractivity contribution in [3.63, 3.8) is 0 Å². The van der Waals surface area contributed by atoms with Crippen LogP contribution in [0, 0.1) is 5.92 Å². The molecule has 2 bridgehead atoms. The predicted molar refractivity (Wildman–Crippen MR) is 54.4 cm³/mol. The monoisotopic (exact) mass is 215 g/mol. The Hall–Kier alpha value is -0.800. The van der Waals surface area contributed by atoms with Gasteiger partial charge >= 0.3 is 6.09 Å². The van der Waals surface area contributed by atoms with Crippen LogP contribution >= 0.6 is 0 Å². The number of piperidine rings is 1. The minimum absolute atomic E-state index is 0.107. The zero-order chi connectivity index (χ0) is 10.8. The quantitative estimate of drug-likeness (QED) is 0.707. The van der Waals surface area contributed by atoms with Crippen molar-refractivity contribution >= 4 is 6.09 Å². The number of hydrogen-bond acceptors (Lipinski definition) is 2. The van der Waals surface area contributed by atoms with Crippen LogP contribution in [0.1, 0.15) is 32.6 Å². The Morgan fingerprint density at radius 3 is 2.53 bits per heavy atom. The van der Waals surface area contributed by atoms with Gasteiger partial charge in [-0.05, 0) is 31.6 Å². The van der Waals surface area contributed by atoms with Gasteiger partial charge in [0.15, 0.2) is 0 Å². The number of alkyl halides is 1. The molecule has 1 amide bonds. The summed E-state index contributed by atoms with van der Waals surface area (Å²) in [6, 6.07) is 0.678. The summed E-state index contributed by atoms with van der Waals surface area (Å²) in [6.07, 6.45) is 3.99. The second-order valence-corrected chi connectivity index (χ2v) is 4.67. The largest absolute Gasteiger partial charge is 0.447 e. The number of ether oxygens (including phenoxy) is 1. The highest BCUT2D eigenvalue weighted by atomic mass is 19.1. The summed E-state index contributed by atoms with van der Waals surface area (Å²) in [4.78, 5) is 13.5. The molecule has 0 aromatic carbocycles. The summed E-state index contributed by atoms with van der Waals surface area (Å²) < 4.78 is 16.8. The van der Waals surface area contributed by atoms with Crippen LogP contribution in [0.25, 0.3) is 0 Å². The number of hydrogen-bond donors (Lipinski definition) is 0. The van der Waals surface area contributed by atoms with Crippen molar-refractivity contribution in [3.05, 3.63) is 0 Å². The lowest BCUT2D eigenvalue weighted by Gasteiger charge is -2.36. The van der Waals surface area contributed by atoms with E-state index >= 15 is 0 Å². The van der Waals surface area contributed by atoms with Crippen LogP contribution in [0.2, 0.25) is 0 Å². The lowest BCUT2D eigenvalue weighted by atomic mass is 9.93. The van der Waals surface area contributed by atoms with E-state index in [1.165, 1.54) is 0 Å². The van der Waals surface area contributed by atoms with Crippen LogP contribution in [0.4, 0.5) is 9.18 Å². The zero-order valence-electron chi connectivity index (χ0n) is 9.12. The summed E-state index contributed by atoms with van der Waals surface area (Å²) in [5.74, 6) is 0.702. The molecule has 0 N–H and O–H groups in total. The highest BCUT2D eigenvalue weighted by Crippen LogP contribution is 2.38. The Labute approximate surface area is 89.6 Å². The fraction of sp³-hybridized carbons (Fsp3) is 0.909. The topological polar surface area (TPSA) is 29.5 Å². The van der Waals surface area contributed by atoms with Crippen LogP contribution in [0.3, 0.4) is 0 Å². The minimum Gasteiger partial charge on any atom is -0.447 e. The number of fused-ring (bicyclic) bond motifs is 2. The maximum Gasteiger partial charge on any atom is 0.410 e. The van der Waals surface area contributed by atoms with Crippen molar-refractivity contribution in [1.29, 1.82) is 0 Å². The maximum absolute atomic E-state index is 11.9. The molecule has 0 aromatic rings. The Bertz CT molecular complexity index is 233. The third-order valence-corrected chi connectivity index (χ3v) is 3.48. The molecule has 2 aliphatic heterocycles. The molecule has 15 heavy (non-hydrogen) atoms. The molecule has 0 aliphatic carbocycles. The van der Waals surface area contributed by atoms with Crippen molar-refractivity contribution in [2.75, 3.05) is 13.3 Å². The molecule has 86 valence electrons. The van der Waals surface area contributed by atoms with E-state index in [1.54, 1.807) is 0 Å². The van der Waals surface area contributed by atoms with Crippen molar-refractivity contribution in [3.8, 4) is 0 Å². The van der Waals surface area contributed by atoms with E-state index in [0.29, 0.717) is 18.0 Å². The summed E-state index contributed by atoms with van der Waals surface area (Å²) in [7, 11) is 0. The van der Waals surface area contributed by atoms with Gasteiger partial charge in [0.1, 0.15) is 13.3 Å². The number of carbonyl (C=O) groups excluding carboxylic acids is 1. The first-order valence-electron chi connectivity index (χ1n) is 5.73. The average molecular weight is 215 g/mol. The van der Waals surface area contributed by atoms with Crippen molar-refractivity contribution < 1.29 is 13.9 Å². The van der Waals surface area contributed by atoms with E-state index in [1.807, 2.05) is 4.90 Å². The zero-order valence-corrected chi connectivity index (χ0v) is 9.12. The van der Waals surface area contributed by atoms with Gasteiger partial charge in [-0.1, -0.05) is 6.92 Å². The predicted octanol–water partition coefficient (Wildman–Crippen LogP) is 2.36. The SMILES string of the molecule is CC1CC2CCC(C1)N2C(=O)OCCF. The Morgan fingerprint density at radius 2 is 2.00 bits per heavy atom. The summed E-state index contributed by atoms with van der Waals surface area (Å²) in [6.45, 7) is 1.53. The molecule has 2 atom stereocenters. The molecule has 2 rings (SSSR count). The molecule has 2 aliphatic rings. The lowest BCUT2D eigenvalue weighted by molar-refractivity contribution is 0.0563. The van der Waals surface area contributed by atoms with Gasteiger partial charge in [0.05, 0.1) is 0 Å². The first kappa shape index (κ1) is 10.7. The molecule has 0 spiro atoms. The van der Waals surface area contributed by atoms with Gasteiger partial charge in [-0.3, -0.25) is 0 Å². The summed E-state index contributed by atoms with van der Waals surface area (Å²) in [5, 5.41) is 0. The first-order valence-corrected chi connectivity index (χ1v) is 5.73. The van der Waals surface area contributed by atoms with Gasteiger partial charge in [-0.25, -0.2) is 9.18 Å². The number of amides is 1. The molecule has 3 nitrogen and oxygen atoms in total. The fourth-order valence-electron chi connectivity index (χ4n) is 2.95. The van der Waals surface area contributed by atoms with E-state index in [2.05, 4.69) is 6.92 Å². The smallest absolute Gasteiger partial charge is 0.410 e. The van der Waals surface area contributed by atoms with E-state index in [-0.39, 0.29) is 12.7 Å². The molecule has 0 radical (unpaired) electrons. The second-order valence-electron chi connectivity index (χ2n) is 4.67. The fourth-order valence-corrected chi connectivity index (χ4v) is 2.95. The molecule has 2 saturated heterocycles. The number of carbonyl (C=O) groups is 1. The van der Waals surface area contributed by atoms with Gasteiger partial charge in [0.25, 0.3) is 0 Å². The van der Waals surface area contributed by atoms with Gasteiger partial charge in [0, 0.05) is 12.1 Å². The summed E-state index contributed by atoms with van der Waals surface area (Å²) in [5.41, 5.74) is 0. The molecule has 2 fully saturated rings. The number of halogens is 1. The average Bonchev–Trinajstić information content (AvgIpc) is 2.48. The summed E-state index contributed by atoms with van der Waals surface area (Å²) >= 11 is 0. The van der Waals surface area contributed by atoms with Crippen LogP contribution in [-0.4, -0.2) is 36.4 Å². The third kappa shape index (κ3) is 2.08. The van der Waals surface area contributed by atoms with Crippen LogP contribution in [0.15, 0.2) is 0 Å². The van der Waals surface area contributed by atoms with Crippen molar-refractivity contribution in [2.45, 2.75) is 44.7 Å². The second kappa shape index (κ2) is 4.37. The van der Waals surface area contributed by atoms with Gasteiger partial charge < -0.3 is 9.64 Å². The van der Waals surface area contributed by atoms with Crippen LogP contribution in [0.5, 0.6) is 0 Å². The number of rotatable bonds is 2. The van der Waals surface area contributed by atoms with E-state index in [9.17, 15) is 9.18 Å². The molecule has 4 heteroatoms. The molecular weight excluding hydrogens is 197 g/mol. The standard InChI is InChI=1S/C11H18FNO2/c1-8-6-9-2-3-10(7-8)13(9)11(14)15-5-4-12/h8-10H,2-7H2,1H3. The minimum atomic E-state index is -0.592. The van der Waals surface area contributed by atoms with Gasteiger partial charge in [-0.2, -0.15) is 0 Å². The van der Waals surface area contributed by atoms with Crippen molar-refractivity contribution in [1.82, 2.24) is 4.90 Å². The highest BCUT2D eigenvalue weighted by Gasteiger charge is 2.42. The molecular formula is C11H18FNO2. The molecule has 2 unspecified atom stereocenters.